The molecule has 4 nitrogen and oxygen atoms in total. The molecule has 0 aliphatic rings. The van der Waals surface area contributed by atoms with Crippen LogP contribution in [0.4, 0.5) is 0 Å². The molecule has 1 aromatic heterocycles. The van der Waals surface area contributed by atoms with E-state index in [2.05, 4.69) is 35.5 Å². The number of hydrogen-bond acceptors (Lipinski definition) is 5. The Morgan fingerprint density at radius 2 is 2.06 bits per heavy atom. The zero-order valence-corrected chi connectivity index (χ0v) is 11.8. The van der Waals surface area contributed by atoms with Crippen LogP contribution in [0.2, 0.25) is 0 Å². The molecule has 0 aliphatic carbocycles. The van der Waals surface area contributed by atoms with E-state index in [4.69, 9.17) is 5.73 Å². The number of thioether (sulfide) groups is 2. The summed E-state index contributed by atoms with van der Waals surface area (Å²) in [4.78, 5) is 0. The predicted molar refractivity (Wildman–Crippen MR) is 72.0 cm³/mol. The van der Waals surface area contributed by atoms with Crippen molar-refractivity contribution < 1.29 is 0 Å². The molecule has 0 aromatic carbocycles. The normalized spacial score (nSPS) is 11.3. The van der Waals surface area contributed by atoms with Crippen molar-refractivity contribution in [1.29, 1.82) is 0 Å². The minimum Gasteiger partial charge on any atom is -0.324 e. The van der Waals surface area contributed by atoms with E-state index >= 15 is 0 Å². The molecule has 16 heavy (non-hydrogen) atoms. The zero-order valence-electron chi connectivity index (χ0n) is 10.1. The topological polar surface area (TPSA) is 56.7 Å². The van der Waals surface area contributed by atoms with Gasteiger partial charge in [-0.1, -0.05) is 18.7 Å². The van der Waals surface area contributed by atoms with Crippen LogP contribution >= 0.6 is 23.5 Å². The fourth-order valence-electron chi connectivity index (χ4n) is 1.40. The van der Waals surface area contributed by atoms with Crippen LogP contribution in [-0.2, 0) is 6.54 Å². The maximum Gasteiger partial charge on any atom is 0.191 e. The summed E-state index contributed by atoms with van der Waals surface area (Å²) in [5, 5.41) is 9.30. The van der Waals surface area contributed by atoms with Crippen LogP contribution in [0.15, 0.2) is 5.16 Å². The average Bonchev–Trinajstić information content (AvgIpc) is 2.67. The minimum absolute atomic E-state index is 0.370. The number of nitrogens with two attached hydrogens (primary N) is 1. The largest absolute Gasteiger partial charge is 0.324 e. The van der Waals surface area contributed by atoms with Crippen LogP contribution in [-0.4, -0.2) is 32.0 Å². The van der Waals surface area contributed by atoms with Gasteiger partial charge in [0.1, 0.15) is 5.82 Å². The summed E-state index contributed by atoms with van der Waals surface area (Å²) in [6.07, 6.45) is 0. The second-order valence-electron chi connectivity index (χ2n) is 3.61. The first-order valence-corrected chi connectivity index (χ1v) is 7.69. The van der Waals surface area contributed by atoms with Crippen molar-refractivity contribution in [2.75, 3.05) is 17.3 Å². The van der Waals surface area contributed by atoms with Gasteiger partial charge < -0.3 is 10.3 Å². The fraction of sp³-hybridized carbons (Fsp3) is 0.800. The third kappa shape index (κ3) is 3.68. The van der Waals surface area contributed by atoms with Crippen LogP contribution in [0.3, 0.4) is 0 Å². The van der Waals surface area contributed by atoms with E-state index in [0.29, 0.717) is 12.6 Å². The van der Waals surface area contributed by atoms with Crippen LogP contribution in [0.25, 0.3) is 0 Å². The van der Waals surface area contributed by atoms with E-state index in [0.717, 1.165) is 22.5 Å². The summed E-state index contributed by atoms with van der Waals surface area (Å²) in [6, 6.07) is 0.370. The van der Waals surface area contributed by atoms with E-state index < -0.39 is 0 Å². The molecule has 0 aliphatic heterocycles. The molecule has 6 heteroatoms. The van der Waals surface area contributed by atoms with Crippen LogP contribution in [0.5, 0.6) is 0 Å². The Balaban J connectivity index is 2.61. The quantitative estimate of drug-likeness (QED) is 0.601. The lowest BCUT2D eigenvalue weighted by atomic mass is 10.4. The van der Waals surface area contributed by atoms with Crippen LogP contribution in [0.1, 0.15) is 32.6 Å². The molecule has 0 spiro atoms. The monoisotopic (exact) mass is 260 g/mol. The molecule has 92 valence electrons. The summed E-state index contributed by atoms with van der Waals surface area (Å²) >= 11 is 3.72. The maximum atomic E-state index is 5.64. The third-order valence-electron chi connectivity index (χ3n) is 2.10. The van der Waals surface area contributed by atoms with Gasteiger partial charge in [0.25, 0.3) is 0 Å². The van der Waals surface area contributed by atoms with Crippen LogP contribution < -0.4 is 5.73 Å². The summed E-state index contributed by atoms with van der Waals surface area (Å²) in [5.74, 6) is 4.28. The molecule has 0 unspecified atom stereocenters. The van der Waals surface area contributed by atoms with Crippen molar-refractivity contribution in [2.24, 2.45) is 5.73 Å². The third-order valence-corrected chi connectivity index (χ3v) is 4.20. The van der Waals surface area contributed by atoms with Crippen molar-refractivity contribution in [3.8, 4) is 0 Å². The first-order valence-electron chi connectivity index (χ1n) is 5.55. The molecule has 2 N–H and O–H groups in total. The second kappa shape index (κ2) is 7.19. The molecular formula is C10H20N4S2. The Kier molecular flexibility index (Phi) is 6.23. The van der Waals surface area contributed by atoms with Gasteiger partial charge in [-0.2, -0.15) is 11.8 Å². The van der Waals surface area contributed by atoms with E-state index in [9.17, 15) is 0 Å². The van der Waals surface area contributed by atoms with Gasteiger partial charge in [0.05, 0.1) is 6.54 Å². The highest BCUT2D eigenvalue weighted by atomic mass is 32.2. The van der Waals surface area contributed by atoms with Gasteiger partial charge in [0, 0.05) is 17.5 Å². The fourth-order valence-corrected chi connectivity index (χ4v) is 3.23. The van der Waals surface area contributed by atoms with Gasteiger partial charge in [0.2, 0.25) is 0 Å². The Hall–Kier alpha value is -0.200. The van der Waals surface area contributed by atoms with Crippen LogP contribution in [0, 0.1) is 0 Å². The van der Waals surface area contributed by atoms with Crippen molar-refractivity contribution in [2.45, 2.75) is 38.5 Å². The smallest absolute Gasteiger partial charge is 0.191 e. The van der Waals surface area contributed by atoms with Gasteiger partial charge in [-0.15, -0.1) is 10.2 Å². The molecule has 0 atom stereocenters. The van der Waals surface area contributed by atoms with Crippen molar-refractivity contribution >= 4 is 23.5 Å². The highest BCUT2D eigenvalue weighted by molar-refractivity contribution is 8.02. The maximum absolute atomic E-state index is 5.64. The summed E-state index contributed by atoms with van der Waals surface area (Å²) < 4.78 is 2.13. The molecule has 0 saturated carbocycles. The van der Waals surface area contributed by atoms with Crippen molar-refractivity contribution in [3.05, 3.63) is 5.82 Å². The summed E-state index contributed by atoms with van der Waals surface area (Å²) in [5.41, 5.74) is 5.64. The lowest BCUT2D eigenvalue weighted by Crippen LogP contribution is -2.11. The molecule has 0 fully saturated rings. The molecule has 0 bridgehead atoms. The number of hydrogen-bond donors (Lipinski definition) is 1. The highest BCUT2D eigenvalue weighted by Gasteiger charge is 2.13. The SMILES string of the molecule is CCSCCSc1nnc(CN)n1C(C)C. The van der Waals surface area contributed by atoms with Gasteiger partial charge in [-0.3, -0.25) is 0 Å². The first-order chi connectivity index (χ1) is 7.70. The zero-order chi connectivity index (χ0) is 12.0. The Labute approximate surface area is 106 Å². The van der Waals surface area contributed by atoms with Gasteiger partial charge in [-0.05, 0) is 19.6 Å². The van der Waals surface area contributed by atoms with Gasteiger partial charge in [0.15, 0.2) is 5.16 Å². The highest BCUT2D eigenvalue weighted by Crippen LogP contribution is 2.22. The molecular weight excluding hydrogens is 240 g/mol. The second-order valence-corrected chi connectivity index (χ2v) is 6.07. The first kappa shape index (κ1) is 13.9. The number of rotatable bonds is 7. The number of nitrogens with zero attached hydrogens (tertiary/aromatic N) is 3. The molecule has 1 rings (SSSR count). The Bertz CT molecular complexity index is 312. The molecule has 0 amide bonds. The molecule has 1 aromatic rings. The standard InChI is InChI=1S/C10H20N4S2/c1-4-15-5-6-16-10-13-12-9(7-11)14(10)8(2)3/h8H,4-7,11H2,1-3H3. The predicted octanol–water partition coefficient (Wildman–Crippen LogP) is 2.16. The van der Waals surface area contributed by atoms with E-state index in [1.54, 1.807) is 11.8 Å². The lowest BCUT2D eigenvalue weighted by Gasteiger charge is -2.12. The van der Waals surface area contributed by atoms with Gasteiger partial charge in [-0.25, -0.2) is 0 Å². The number of aromatic nitrogens is 3. The molecule has 0 saturated heterocycles. The average molecular weight is 260 g/mol. The van der Waals surface area contributed by atoms with E-state index in [-0.39, 0.29) is 0 Å². The van der Waals surface area contributed by atoms with Gasteiger partial charge >= 0.3 is 0 Å². The molecule has 0 radical (unpaired) electrons. The Morgan fingerprint density at radius 3 is 2.62 bits per heavy atom. The van der Waals surface area contributed by atoms with Crippen molar-refractivity contribution in [1.82, 2.24) is 14.8 Å². The van der Waals surface area contributed by atoms with E-state index in [1.807, 2.05) is 11.8 Å². The summed E-state index contributed by atoms with van der Waals surface area (Å²) in [6.45, 7) is 6.90. The minimum atomic E-state index is 0.370. The van der Waals surface area contributed by atoms with Crippen molar-refractivity contribution in [3.63, 3.8) is 0 Å². The summed E-state index contributed by atoms with van der Waals surface area (Å²) in [7, 11) is 0. The Morgan fingerprint density at radius 1 is 1.31 bits per heavy atom. The molecule has 1 heterocycles. The van der Waals surface area contributed by atoms with E-state index in [1.165, 1.54) is 5.75 Å². The lowest BCUT2D eigenvalue weighted by molar-refractivity contribution is 0.526.